The van der Waals surface area contributed by atoms with E-state index in [9.17, 15) is 14.4 Å². The smallest absolute Gasteiger partial charge is 0.328 e. The Balaban J connectivity index is 2.76. The Labute approximate surface area is 129 Å². The van der Waals surface area contributed by atoms with Gasteiger partial charge in [0, 0.05) is 11.3 Å². The summed E-state index contributed by atoms with van der Waals surface area (Å²) in [5.41, 5.74) is 5.85. The molecule has 1 atom stereocenters. The minimum Gasteiger partial charge on any atom is -0.467 e. The minimum atomic E-state index is -0.694. The summed E-state index contributed by atoms with van der Waals surface area (Å²) in [7, 11) is 1.28. The van der Waals surface area contributed by atoms with E-state index in [1.54, 1.807) is 12.1 Å². The molecular weight excluding hydrogens is 286 g/mol. The molecule has 7 heteroatoms. The standard InChI is InChI=1S/C15H21N3O4/c1-9(2)8-12(14(20)22-3)18-13(19)10-4-6-11(7-5-10)17-15(16)21/h4-7,9,12H,8H2,1-3H3,(H,18,19)(H3,16,17,21)/t12-/m0/s1. The van der Waals surface area contributed by atoms with E-state index < -0.39 is 18.0 Å². The van der Waals surface area contributed by atoms with Crippen molar-refractivity contribution in [1.29, 1.82) is 0 Å². The van der Waals surface area contributed by atoms with Crippen LogP contribution < -0.4 is 16.4 Å². The number of nitrogens with two attached hydrogens (primary N) is 1. The molecule has 0 bridgehead atoms. The van der Waals surface area contributed by atoms with Crippen molar-refractivity contribution in [2.75, 3.05) is 12.4 Å². The first-order chi connectivity index (χ1) is 10.3. The van der Waals surface area contributed by atoms with Gasteiger partial charge in [0.1, 0.15) is 6.04 Å². The maximum atomic E-state index is 12.2. The van der Waals surface area contributed by atoms with Crippen molar-refractivity contribution in [2.24, 2.45) is 11.7 Å². The lowest BCUT2D eigenvalue weighted by atomic mass is 10.0. The van der Waals surface area contributed by atoms with Crippen LogP contribution in [0.1, 0.15) is 30.6 Å². The lowest BCUT2D eigenvalue weighted by Gasteiger charge is -2.18. The van der Waals surface area contributed by atoms with Gasteiger partial charge in [-0.15, -0.1) is 0 Å². The highest BCUT2D eigenvalue weighted by atomic mass is 16.5. The lowest BCUT2D eigenvalue weighted by Crippen LogP contribution is -2.42. The van der Waals surface area contributed by atoms with Crippen molar-refractivity contribution >= 4 is 23.6 Å². The van der Waals surface area contributed by atoms with Crippen LogP contribution in [0.3, 0.4) is 0 Å². The molecule has 0 aliphatic heterocycles. The number of urea groups is 1. The fourth-order valence-corrected chi connectivity index (χ4v) is 1.92. The number of benzene rings is 1. The maximum absolute atomic E-state index is 12.2. The van der Waals surface area contributed by atoms with Gasteiger partial charge in [-0.25, -0.2) is 9.59 Å². The maximum Gasteiger partial charge on any atom is 0.328 e. The van der Waals surface area contributed by atoms with E-state index in [1.165, 1.54) is 19.2 Å². The molecule has 22 heavy (non-hydrogen) atoms. The first-order valence-corrected chi connectivity index (χ1v) is 6.88. The molecule has 0 heterocycles. The average molecular weight is 307 g/mol. The Morgan fingerprint density at radius 2 is 1.77 bits per heavy atom. The molecule has 4 N–H and O–H groups in total. The number of anilines is 1. The fourth-order valence-electron chi connectivity index (χ4n) is 1.92. The largest absolute Gasteiger partial charge is 0.467 e. The summed E-state index contributed by atoms with van der Waals surface area (Å²) in [6.07, 6.45) is 0.486. The van der Waals surface area contributed by atoms with Gasteiger partial charge >= 0.3 is 12.0 Å². The van der Waals surface area contributed by atoms with Crippen LogP contribution in [-0.2, 0) is 9.53 Å². The molecule has 0 fully saturated rings. The van der Waals surface area contributed by atoms with E-state index in [-0.39, 0.29) is 11.8 Å². The molecule has 0 radical (unpaired) electrons. The summed E-state index contributed by atoms with van der Waals surface area (Å²) in [4.78, 5) is 34.6. The van der Waals surface area contributed by atoms with Crippen molar-refractivity contribution in [1.82, 2.24) is 5.32 Å². The van der Waals surface area contributed by atoms with Crippen LogP contribution in [0.4, 0.5) is 10.5 Å². The van der Waals surface area contributed by atoms with E-state index in [2.05, 4.69) is 10.6 Å². The number of carbonyl (C=O) groups is 3. The van der Waals surface area contributed by atoms with E-state index in [1.807, 2.05) is 13.8 Å². The zero-order chi connectivity index (χ0) is 16.7. The second-order valence-electron chi connectivity index (χ2n) is 5.25. The third-order valence-corrected chi connectivity index (χ3v) is 2.91. The molecule has 0 unspecified atom stereocenters. The predicted octanol–water partition coefficient (Wildman–Crippen LogP) is 1.49. The lowest BCUT2D eigenvalue weighted by molar-refractivity contribution is -0.143. The Morgan fingerprint density at radius 1 is 1.18 bits per heavy atom. The Morgan fingerprint density at radius 3 is 2.23 bits per heavy atom. The van der Waals surface area contributed by atoms with Gasteiger partial charge in [0.05, 0.1) is 7.11 Å². The number of primary amides is 1. The second kappa shape index (κ2) is 8.02. The molecule has 1 rings (SSSR count). The normalized spacial score (nSPS) is 11.6. The zero-order valence-corrected chi connectivity index (χ0v) is 12.9. The summed E-state index contributed by atoms with van der Waals surface area (Å²) in [5, 5.41) is 5.05. The molecule has 3 amide bonds. The van der Waals surface area contributed by atoms with Crippen molar-refractivity contribution in [3.8, 4) is 0 Å². The van der Waals surface area contributed by atoms with E-state index >= 15 is 0 Å². The summed E-state index contributed by atoms with van der Waals surface area (Å²) in [6.45, 7) is 3.90. The SMILES string of the molecule is COC(=O)[C@H](CC(C)C)NC(=O)c1ccc(NC(N)=O)cc1. The van der Waals surface area contributed by atoms with Gasteiger partial charge < -0.3 is 21.1 Å². The molecule has 0 spiro atoms. The number of carbonyl (C=O) groups excluding carboxylic acids is 3. The highest BCUT2D eigenvalue weighted by Gasteiger charge is 2.23. The van der Waals surface area contributed by atoms with Gasteiger partial charge in [-0.2, -0.15) is 0 Å². The highest BCUT2D eigenvalue weighted by molar-refractivity contribution is 5.97. The third-order valence-electron chi connectivity index (χ3n) is 2.91. The quantitative estimate of drug-likeness (QED) is 0.691. The summed E-state index contributed by atoms with van der Waals surface area (Å²) >= 11 is 0. The Kier molecular flexibility index (Phi) is 6.37. The number of amides is 3. The molecule has 1 aromatic rings. The van der Waals surface area contributed by atoms with Crippen LogP contribution in [0.5, 0.6) is 0 Å². The van der Waals surface area contributed by atoms with E-state index in [4.69, 9.17) is 10.5 Å². The van der Waals surface area contributed by atoms with E-state index in [0.29, 0.717) is 17.7 Å². The molecule has 0 saturated carbocycles. The fraction of sp³-hybridized carbons (Fsp3) is 0.400. The molecular formula is C15H21N3O4. The van der Waals surface area contributed by atoms with Crippen LogP contribution >= 0.6 is 0 Å². The molecule has 1 aromatic carbocycles. The Bertz CT molecular complexity index is 540. The number of nitrogens with one attached hydrogen (secondary N) is 2. The second-order valence-corrected chi connectivity index (χ2v) is 5.25. The summed E-state index contributed by atoms with van der Waals surface area (Å²) < 4.78 is 4.70. The molecule has 0 saturated heterocycles. The number of hydrogen-bond acceptors (Lipinski definition) is 4. The first-order valence-electron chi connectivity index (χ1n) is 6.88. The van der Waals surface area contributed by atoms with Crippen molar-refractivity contribution in [3.05, 3.63) is 29.8 Å². The first kappa shape index (κ1) is 17.5. The van der Waals surface area contributed by atoms with Crippen LogP contribution in [0.25, 0.3) is 0 Å². The highest BCUT2D eigenvalue weighted by Crippen LogP contribution is 2.11. The van der Waals surface area contributed by atoms with Gasteiger partial charge in [-0.1, -0.05) is 13.8 Å². The van der Waals surface area contributed by atoms with Gasteiger partial charge in [0.25, 0.3) is 5.91 Å². The molecule has 7 nitrogen and oxygen atoms in total. The van der Waals surface area contributed by atoms with Crippen molar-refractivity contribution < 1.29 is 19.1 Å². The minimum absolute atomic E-state index is 0.228. The topological polar surface area (TPSA) is 111 Å². The number of methoxy groups -OCH3 is 1. The van der Waals surface area contributed by atoms with Gasteiger partial charge in [0.15, 0.2) is 0 Å². The molecule has 120 valence electrons. The molecule has 0 aromatic heterocycles. The molecule has 0 aliphatic carbocycles. The van der Waals surface area contributed by atoms with Gasteiger partial charge in [0.2, 0.25) is 0 Å². The average Bonchev–Trinajstić information content (AvgIpc) is 2.45. The van der Waals surface area contributed by atoms with Gasteiger partial charge in [-0.05, 0) is 36.6 Å². The summed E-state index contributed by atoms with van der Waals surface area (Å²) in [5.74, 6) is -0.637. The number of ether oxygens (including phenoxy) is 1. The summed E-state index contributed by atoms with van der Waals surface area (Å²) in [6, 6.07) is 4.79. The van der Waals surface area contributed by atoms with Crippen LogP contribution in [-0.4, -0.2) is 31.1 Å². The van der Waals surface area contributed by atoms with Crippen molar-refractivity contribution in [2.45, 2.75) is 26.3 Å². The van der Waals surface area contributed by atoms with E-state index in [0.717, 1.165) is 0 Å². The zero-order valence-electron chi connectivity index (χ0n) is 12.9. The number of hydrogen-bond donors (Lipinski definition) is 3. The Hall–Kier alpha value is -2.57. The third kappa shape index (κ3) is 5.43. The van der Waals surface area contributed by atoms with Crippen LogP contribution in [0, 0.1) is 5.92 Å². The predicted molar refractivity (Wildman–Crippen MR) is 82.4 cm³/mol. The monoisotopic (exact) mass is 307 g/mol. The van der Waals surface area contributed by atoms with Crippen LogP contribution in [0.2, 0.25) is 0 Å². The number of esters is 1. The molecule has 0 aliphatic rings. The van der Waals surface area contributed by atoms with Gasteiger partial charge in [-0.3, -0.25) is 4.79 Å². The van der Waals surface area contributed by atoms with Crippen molar-refractivity contribution in [3.63, 3.8) is 0 Å². The van der Waals surface area contributed by atoms with Crippen LogP contribution in [0.15, 0.2) is 24.3 Å². The number of rotatable bonds is 6.